The second-order valence-electron chi connectivity index (χ2n) is 4.15. The van der Waals surface area contributed by atoms with E-state index in [2.05, 4.69) is 10.3 Å². The van der Waals surface area contributed by atoms with E-state index in [1.165, 1.54) is 0 Å². The topological polar surface area (TPSA) is 94.3 Å². The van der Waals surface area contributed by atoms with Gasteiger partial charge >= 0.3 is 0 Å². The maximum absolute atomic E-state index is 11.5. The number of aromatic nitrogens is 3. The van der Waals surface area contributed by atoms with E-state index in [0.29, 0.717) is 31.5 Å². The third kappa shape index (κ3) is 4.88. The molecule has 1 rings (SSSR count). The first kappa shape index (κ1) is 16.1. The van der Waals surface area contributed by atoms with Crippen LogP contribution in [0, 0.1) is 0 Å². The van der Waals surface area contributed by atoms with E-state index in [4.69, 9.17) is 4.18 Å². The van der Waals surface area contributed by atoms with E-state index < -0.39 is 10.1 Å². The Hall–Kier alpha value is -0.990. The monoisotopic (exact) mass is 291 g/mol. The summed E-state index contributed by atoms with van der Waals surface area (Å²) in [5.41, 5.74) is 1.39. The highest BCUT2D eigenvalue weighted by atomic mass is 32.2. The number of aryl methyl sites for hydroxylation is 2. The first-order valence-corrected chi connectivity index (χ1v) is 8.01. The molecule has 0 saturated carbocycles. The van der Waals surface area contributed by atoms with Crippen LogP contribution in [0.25, 0.3) is 0 Å². The Bertz CT molecular complexity index is 484. The van der Waals surface area contributed by atoms with Crippen molar-refractivity contribution in [3.8, 4) is 0 Å². The SMILES string of the molecule is CCCOS(=O)(=O)CCCn1nnc(CC)c1CO. The van der Waals surface area contributed by atoms with E-state index in [0.717, 1.165) is 5.69 Å². The molecule has 0 unspecified atom stereocenters. The molecule has 110 valence electrons. The van der Waals surface area contributed by atoms with Gasteiger partial charge in [0.05, 0.1) is 30.4 Å². The average Bonchev–Trinajstić information content (AvgIpc) is 2.78. The van der Waals surface area contributed by atoms with Crippen molar-refractivity contribution < 1.29 is 17.7 Å². The molecule has 1 heterocycles. The molecule has 0 aliphatic heterocycles. The lowest BCUT2D eigenvalue weighted by atomic mass is 10.2. The molecule has 0 aliphatic carbocycles. The lowest BCUT2D eigenvalue weighted by Gasteiger charge is -2.06. The summed E-state index contributed by atoms with van der Waals surface area (Å²) in [7, 11) is -3.46. The Morgan fingerprint density at radius 3 is 2.68 bits per heavy atom. The van der Waals surface area contributed by atoms with Gasteiger partial charge in [0, 0.05) is 6.54 Å². The largest absolute Gasteiger partial charge is 0.390 e. The minimum absolute atomic E-state index is 0.0564. The predicted molar refractivity (Wildman–Crippen MR) is 70.0 cm³/mol. The highest BCUT2D eigenvalue weighted by molar-refractivity contribution is 7.86. The van der Waals surface area contributed by atoms with Crippen LogP contribution >= 0.6 is 0 Å². The number of hydrogen-bond acceptors (Lipinski definition) is 6. The zero-order valence-corrected chi connectivity index (χ0v) is 12.2. The van der Waals surface area contributed by atoms with E-state index >= 15 is 0 Å². The zero-order valence-electron chi connectivity index (χ0n) is 11.4. The van der Waals surface area contributed by atoms with E-state index in [1.807, 2.05) is 13.8 Å². The van der Waals surface area contributed by atoms with Crippen LogP contribution in [0.5, 0.6) is 0 Å². The van der Waals surface area contributed by atoms with E-state index in [1.54, 1.807) is 4.68 Å². The summed E-state index contributed by atoms with van der Waals surface area (Å²) in [5.74, 6) is -0.0564. The average molecular weight is 291 g/mol. The highest BCUT2D eigenvalue weighted by Crippen LogP contribution is 2.08. The van der Waals surface area contributed by atoms with Crippen molar-refractivity contribution >= 4 is 10.1 Å². The molecular weight excluding hydrogens is 270 g/mol. The van der Waals surface area contributed by atoms with Crippen molar-refractivity contribution in [1.29, 1.82) is 0 Å². The fourth-order valence-corrected chi connectivity index (χ4v) is 2.68. The van der Waals surface area contributed by atoms with Crippen molar-refractivity contribution in [3.05, 3.63) is 11.4 Å². The zero-order chi connectivity index (χ0) is 14.3. The molecule has 0 radical (unpaired) electrons. The minimum Gasteiger partial charge on any atom is -0.390 e. The smallest absolute Gasteiger partial charge is 0.267 e. The van der Waals surface area contributed by atoms with Crippen molar-refractivity contribution in [2.75, 3.05) is 12.4 Å². The van der Waals surface area contributed by atoms with Gasteiger partial charge in [-0.15, -0.1) is 5.10 Å². The van der Waals surface area contributed by atoms with Crippen LogP contribution in [-0.4, -0.2) is 40.9 Å². The third-order valence-corrected chi connectivity index (χ3v) is 3.95. The van der Waals surface area contributed by atoms with Gasteiger partial charge < -0.3 is 5.11 Å². The number of aliphatic hydroxyl groups excluding tert-OH is 1. The fourth-order valence-electron chi connectivity index (χ4n) is 1.66. The Labute approximate surface area is 113 Å². The molecule has 1 aromatic heterocycles. The van der Waals surface area contributed by atoms with Crippen LogP contribution in [0.15, 0.2) is 0 Å². The molecule has 0 aromatic carbocycles. The quantitative estimate of drug-likeness (QED) is 0.665. The normalized spacial score (nSPS) is 11.9. The van der Waals surface area contributed by atoms with Gasteiger partial charge in [0.1, 0.15) is 0 Å². The molecule has 0 spiro atoms. The van der Waals surface area contributed by atoms with Gasteiger partial charge in [0.2, 0.25) is 0 Å². The van der Waals surface area contributed by atoms with Crippen LogP contribution in [-0.2, 0) is 33.9 Å². The Kier molecular flexibility index (Phi) is 6.40. The Morgan fingerprint density at radius 1 is 1.37 bits per heavy atom. The molecule has 0 atom stereocenters. The molecule has 7 nitrogen and oxygen atoms in total. The van der Waals surface area contributed by atoms with Crippen LogP contribution in [0.3, 0.4) is 0 Å². The number of nitrogens with zero attached hydrogens (tertiary/aromatic N) is 3. The van der Waals surface area contributed by atoms with E-state index in [-0.39, 0.29) is 19.0 Å². The van der Waals surface area contributed by atoms with Crippen molar-refractivity contribution in [3.63, 3.8) is 0 Å². The number of aliphatic hydroxyl groups is 1. The fraction of sp³-hybridized carbons (Fsp3) is 0.818. The van der Waals surface area contributed by atoms with Crippen LogP contribution < -0.4 is 0 Å². The van der Waals surface area contributed by atoms with Gasteiger partial charge in [-0.3, -0.25) is 4.18 Å². The molecule has 0 saturated heterocycles. The van der Waals surface area contributed by atoms with Crippen molar-refractivity contribution in [2.24, 2.45) is 0 Å². The van der Waals surface area contributed by atoms with Gasteiger partial charge in [0.25, 0.3) is 10.1 Å². The highest BCUT2D eigenvalue weighted by Gasteiger charge is 2.13. The van der Waals surface area contributed by atoms with Gasteiger partial charge in [-0.05, 0) is 19.3 Å². The van der Waals surface area contributed by atoms with Gasteiger partial charge in [-0.1, -0.05) is 19.1 Å². The third-order valence-electron chi connectivity index (χ3n) is 2.63. The molecule has 0 amide bonds. The molecule has 0 aliphatic rings. The van der Waals surface area contributed by atoms with Gasteiger partial charge in [-0.25, -0.2) is 4.68 Å². The summed E-state index contributed by atoms with van der Waals surface area (Å²) in [5, 5.41) is 17.1. The molecule has 8 heteroatoms. The maximum atomic E-state index is 11.5. The summed E-state index contributed by atoms with van der Waals surface area (Å²) in [6, 6.07) is 0. The molecular formula is C11H21N3O4S. The maximum Gasteiger partial charge on any atom is 0.267 e. The Morgan fingerprint density at radius 2 is 2.11 bits per heavy atom. The first-order valence-electron chi connectivity index (χ1n) is 6.43. The van der Waals surface area contributed by atoms with Crippen molar-refractivity contribution in [1.82, 2.24) is 15.0 Å². The molecule has 0 bridgehead atoms. The second-order valence-corrected chi connectivity index (χ2v) is 5.91. The summed E-state index contributed by atoms with van der Waals surface area (Å²) in [4.78, 5) is 0. The van der Waals surface area contributed by atoms with Gasteiger partial charge in [-0.2, -0.15) is 8.42 Å². The molecule has 1 N–H and O–H groups in total. The van der Waals surface area contributed by atoms with Crippen LogP contribution in [0.1, 0.15) is 38.1 Å². The molecule has 0 fully saturated rings. The van der Waals surface area contributed by atoms with Gasteiger partial charge in [0.15, 0.2) is 0 Å². The lowest BCUT2D eigenvalue weighted by molar-refractivity contribution is 0.266. The summed E-state index contributed by atoms with van der Waals surface area (Å²) >= 11 is 0. The number of rotatable bonds is 9. The van der Waals surface area contributed by atoms with Crippen molar-refractivity contribution in [2.45, 2.75) is 46.3 Å². The molecule has 19 heavy (non-hydrogen) atoms. The van der Waals surface area contributed by atoms with Crippen LogP contribution in [0.2, 0.25) is 0 Å². The summed E-state index contributed by atoms with van der Waals surface area (Å²) < 4.78 is 29.3. The standard InChI is InChI=1S/C11H21N3O4S/c1-3-7-18-19(16,17)8-5-6-14-11(9-15)10(4-2)12-13-14/h15H,3-9H2,1-2H3. The number of hydrogen-bond donors (Lipinski definition) is 1. The lowest BCUT2D eigenvalue weighted by Crippen LogP contribution is -2.14. The first-order chi connectivity index (χ1) is 9.04. The molecule has 1 aromatic rings. The summed E-state index contributed by atoms with van der Waals surface area (Å²) in [6.07, 6.45) is 1.73. The minimum atomic E-state index is -3.46. The van der Waals surface area contributed by atoms with E-state index in [9.17, 15) is 13.5 Å². The summed E-state index contributed by atoms with van der Waals surface area (Å²) in [6.45, 7) is 4.25. The predicted octanol–water partition coefficient (Wildman–Crippen LogP) is 0.479. The Balaban J connectivity index is 2.51. The second kappa shape index (κ2) is 7.56. The van der Waals surface area contributed by atoms with Crippen LogP contribution in [0.4, 0.5) is 0 Å².